The largest absolute Gasteiger partial charge is 0.497 e. The van der Waals surface area contributed by atoms with Gasteiger partial charge in [-0.15, -0.1) is 11.3 Å². The molecule has 0 saturated heterocycles. The summed E-state index contributed by atoms with van der Waals surface area (Å²) in [5, 5.41) is 3.44. The molecule has 5 heteroatoms. The Morgan fingerprint density at radius 1 is 1.11 bits per heavy atom. The van der Waals surface area contributed by atoms with Crippen molar-refractivity contribution in [1.29, 1.82) is 0 Å². The van der Waals surface area contributed by atoms with E-state index in [0.29, 0.717) is 11.0 Å². The Morgan fingerprint density at radius 3 is 2.39 bits per heavy atom. The number of nitrogens with zero attached hydrogens (tertiary/aromatic N) is 1. The summed E-state index contributed by atoms with van der Waals surface area (Å²) >= 11 is 1.47. The molecular formula is C23H24N2O2S. The molecule has 0 aliphatic heterocycles. The maximum atomic E-state index is 12.3. The minimum Gasteiger partial charge on any atom is -0.497 e. The number of hydrogen-bond donors (Lipinski definition) is 1. The topological polar surface area (TPSA) is 51.2 Å². The number of anilines is 1. The first-order chi connectivity index (χ1) is 13.5. The highest BCUT2D eigenvalue weighted by Gasteiger charge is 2.11. The minimum absolute atomic E-state index is 0.192. The summed E-state index contributed by atoms with van der Waals surface area (Å²) in [6.07, 6.45) is 3.35. The van der Waals surface area contributed by atoms with E-state index in [1.54, 1.807) is 7.11 Å². The summed E-state index contributed by atoms with van der Waals surface area (Å²) in [6, 6.07) is 16.0. The number of rotatable bonds is 6. The van der Waals surface area contributed by atoms with Gasteiger partial charge in [-0.25, -0.2) is 4.98 Å². The molecule has 3 aromatic rings. The average molecular weight is 393 g/mol. The first-order valence-corrected chi connectivity index (χ1v) is 9.99. The quantitative estimate of drug-likeness (QED) is 0.531. The molecule has 0 bridgehead atoms. The Morgan fingerprint density at radius 2 is 1.79 bits per heavy atom. The maximum absolute atomic E-state index is 12.3. The van der Waals surface area contributed by atoms with E-state index in [2.05, 4.69) is 36.3 Å². The van der Waals surface area contributed by atoms with E-state index in [9.17, 15) is 4.79 Å². The molecular weight excluding hydrogens is 368 g/mol. The van der Waals surface area contributed by atoms with Crippen molar-refractivity contribution >= 4 is 28.5 Å². The van der Waals surface area contributed by atoms with Crippen LogP contribution < -0.4 is 10.1 Å². The van der Waals surface area contributed by atoms with Crippen LogP contribution >= 0.6 is 11.3 Å². The summed E-state index contributed by atoms with van der Waals surface area (Å²) < 4.78 is 5.19. The zero-order valence-electron chi connectivity index (χ0n) is 16.5. The van der Waals surface area contributed by atoms with Crippen molar-refractivity contribution in [2.45, 2.75) is 26.7 Å². The predicted molar refractivity (Wildman–Crippen MR) is 117 cm³/mol. The van der Waals surface area contributed by atoms with E-state index < -0.39 is 0 Å². The predicted octanol–water partition coefficient (Wildman–Crippen LogP) is 5.90. The van der Waals surface area contributed by atoms with Crippen LogP contribution in [0.15, 0.2) is 54.6 Å². The highest BCUT2D eigenvalue weighted by Crippen LogP contribution is 2.31. The monoisotopic (exact) mass is 392 g/mol. The number of aromatic nitrogens is 1. The molecule has 0 radical (unpaired) electrons. The van der Waals surface area contributed by atoms with Gasteiger partial charge >= 0.3 is 0 Å². The van der Waals surface area contributed by atoms with Crippen molar-refractivity contribution in [1.82, 2.24) is 4.98 Å². The van der Waals surface area contributed by atoms with Gasteiger partial charge in [0.2, 0.25) is 5.91 Å². The molecule has 0 atom stereocenters. The smallest absolute Gasteiger partial charge is 0.250 e. The molecule has 1 heterocycles. The fourth-order valence-electron chi connectivity index (χ4n) is 2.78. The lowest BCUT2D eigenvalue weighted by Crippen LogP contribution is -2.07. The number of carbonyl (C=O) groups excluding carboxylic acids is 1. The molecule has 28 heavy (non-hydrogen) atoms. The standard InChI is InChI=1S/C23H24N2O2S/c1-15(2)18-8-5-17(6-9-18)7-14-21(26)24-23-25-22(16(3)28-23)19-10-12-20(27-4)13-11-19/h5-15H,1-4H3,(H,24,25,26)/b14-7+. The zero-order valence-corrected chi connectivity index (χ0v) is 17.3. The van der Waals surface area contributed by atoms with Crippen molar-refractivity contribution in [3.05, 3.63) is 70.6 Å². The Balaban J connectivity index is 1.67. The highest BCUT2D eigenvalue weighted by molar-refractivity contribution is 7.16. The van der Waals surface area contributed by atoms with Gasteiger partial charge in [-0.1, -0.05) is 38.1 Å². The third-order valence-corrected chi connectivity index (χ3v) is 5.31. The van der Waals surface area contributed by atoms with Crippen LogP contribution in [0.1, 0.15) is 35.8 Å². The van der Waals surface area contributed by atoms with Gasteiger partial charge < -0.3 is 4.74 Å². The number of amides is 1. The summed E-state index contributed by atoms with van der Waals surface area (Å²) in [7, 11) is 1.64. The first kappa shape index (κ1) is 19.8. The van der Waals surface area contributed by atoms with Crippen molar-refractivity contribution in [2.24, 2.45) is 0 Å². The minimum atomic E-state index is -0.192. The lowest BCUT2D eigenvalue weighted by atomic mass is 10.0. The van der Waals surface area contributed by atoms with E-state index in [1.807, 2.05) is 49.4 Å². The Hall–Kier alpha value is -2.92. The van der Waals surface area contributed by atoms with Gasteiger partial charge in [0.05, 0.1) is 12.8 Å². The van der Waals surface area contributed by atoms with Crippen LogP contribution in [-0.4, -0.2) is 18.0 Å². The van der Waals surface area contributed by atoms with Crippen LogP contribution in [0.5, 0.6) is 5.75 Å². The molecule has 0 aliphatic carbocycles. The van der Waals surface area contributed by atoms with Gasteiger partial charge in [0.15, 0.2) is 5.13 Å². The van der Waals surface area contributed by atoms with Crippen LogP contribution in [0.25, 0.3) is 17.3 Å². The van der Waals surface area contributed by atoms with Gasteiger partial charge in [0, 0.05) is 16.5 Å². The molecule has 144 valence electrons. The Bertz CT molecular complexity index is 971. The lowest BCUT2D eigenvalue weighted by Gasteiger charge is -2.04. The third-order valence-electron chi connectivity index (χ3n) is 4.42. The Labute approximate surface area is 169 Å². The van der Waals surface area contributed by atoms with Crippen LogP contribution in [0, 0.1) is 6.92 Å². The summed E-state index contributed by atoms with van der Waals surface area (Å²) in [5.74, 6) is 1.11. The fourth-order valence-corrected chi connectivity index (χ4v) is 3.62. The molecule has 2 aromatic carbocycles. The second kappa shape index (κ2) is 8.85. The zero-order chi connectivity index (χ0) is 20.1. The molecule has 0 unspecified atom stereocenters. The lowest BCUT2D eigenvalue weighted by molar-refractivity contribution is -0.111. The van der Waals surface area contributed by atoms with Crippen molar-refractivity contribution in [3.63, 3.8) is 0 Å². The Kier molecular flexibility index (Phi) is 6.26. The second-order valence-electron chi connectivity index (χ2n) is 6.80. The number of methoxy groups -OCH3 is 1. The van der Waals surface area contributed by atoms with Crippen molar-refractivity contribution < 1.29 is 9.53 Å². The maximum Gasteiger partial charge on any atom is 0.250 e. The van der Waals surface area contributed by atoms with Crippen LogP contribution in [0.4, 0.5) is 5.13 Å². The van der Waals surface area contributed by atoms with Gasteiger partial charge in [0.25, 0.3) is 0 Å². The molecule has 1 N–H and O–H groups in total. The van der Waals surface area contributed by atoms with Crippen LogP contribution in [0.3, 0.4) is 0 Å². The summed E-state index contributed by atoms with van der Waals surface area (Å²) in [5.41, 5.74) is 4.15. The molecule has 3 rings (SSSR count). The normalized spacial score (nSPS) is 11.2. The SMILES string of the molecule is COc1ccc(-c2nc(NC(=O)/C=C/c3ccc(C(C)C)cc3)sc2C)cc1. The molecule has 0 fully saturated rings. The number of nitrogens with one attached hydrogen (secondary N) is 1. The molecule has 0 spiro atoms. The van der Waals surface area contributed by atoms with Crippen LogP contribution in [-0.2, 0) is 4.79 Å². The van der Waals surface area contributed by atoms with E-state index >= 15 is 0 Å². The van der Waals surface area contributed by atoms with Gasteiger partial charge in [-0.05, 0) is 54.3 Å². The second-order valence-corrected chi connectivity index (χ2v) is 8.00. The van der Waals surface area contributed by atoms with Gasteiger partial charge in [-0.3, -0.25) is 10.1 Å². The number of aryl methyl sites for hydroxylation is 1. The number of ether oxygens (including phenoxy) is 1. The van der Waals surface area contributed by atoms with Gasteiger partial charge in [0.1, 0.15) is 5.75 Å². The number of benzene rings is 2. The third kappa shape index (κ3) is 4.87. The van der Waals surface area contributed by atoms with Crippen molar-refractivity contribution in [3.8, 4) is 17.0 Å². The molecule has 1 amide bonds. The summed E-state index contributed by atoms with van der Waals surface area (Å²) in [4.78, 5) is 17.9. The van der Waals surface area contributed by atoms with E-state index in [1.165, 1.54) is 23.0 Å². The van der Waals surface area contributed by atoms with Crippen LogP contribution in [0.2, 0.25) is 0 Å². The molecule has 0 saturated carbocycles. The number of thiazole rings is 1. The number of hydrogen-bond acceptors (Lipinski definition) is 4. The van der Waals surface area contributed by atoms with Crippen molar-refractivity contribution in [2.75, 3.05) is 12.4 Å². The summed E-state index contributed by atoms with van der Waals surface area (Å²) in [6.45, 7) is 6.32. The molecule has 4 nitrogen and oxygen atoms in total. The first-order valence-electron chi connectivity index (χ1n) is 9.17. The number of carbonyl (C=O) groups is 1. The molecule has 0 aliphatic rings. The highest BCUT2D eigenvalue weighted by atomic mass is 32.1. The molecule has 1 aromatic heterocycles. The van der Waals surface area contributed by atoms with E-state index in [0.717, 1.165) is 27.4 Å². The van der Waals surface area contributed by atoms with Gasteiger partial charge in [-0.2, -0.15) is 0 Å². The van der Waals surface area contributed by atoms with E-state index in [-0.39, 0.29) is 5.91 Å². The van der Waals surface area contributed by atoms with E-state index in [4.69, 9.17) is 4.74 Å². The average Bonchev–Trinajstić information content (AvgIpc) is 3.06. The fraction of sp³-hybridized carbons (Fsp3) is 0.217.